The first kappa shape index (κ1) is 17.7. The Bertz CT molecular complexity index is 902. The lowest BCUT2D eigenvalue weighted by Gasteiger charge is -2.27. The number of amidine groups is 1. The molecule has 0 unspecified atom stereocenters. The van der Waals surface area contributed by atoms with Gasteiger partial charge in [0.15, 0.2) is 5.84 Å². The zero-order chi connectivity index (χ0) is 19.1. The fourth-order valence-corrected chi connectivity index (χ4v) is 2.42. The van der Waals surface area contributed by atoms with Crippen molar-refractivity contribution in [2.75, 3.05) is 10.2 Å². The van der Waals surface area contributed by atoms with E-state index in [0.29, 0.717) is 0 Å². The summed E-state index contributed by atoms with van der Waals surface area (Å²) in [4.78, 5) is 12.4. The number of aromatic nitrogens is 1. The third-order valence-electron chi connectivity index (χ3n) is 3.54. The summed E-state index contributed by atoms with van der Waals surface area (Å²) in [5.41, 5.74) is 6.32. The molecular weight excluding hydrogens is 348 g/mol. The summed E-state index contributed by atoms with van der Waals surface area (Å²) in [6, 6.07) is 24.0. The smallest absolute Gasteiger partial charge is 0.291 e. The second kappa shape index (κ2) is 8.30. The maximum Gasteiger partial charge on any atom is 0.291 e. The van der Waals surface area contributed by atoms with Crippen LogP contribution in [0.25, 0.3) is 0 Å². The van der Waals surface area contributed by atoms with E-state index in [4.69, 9.17) is 20.4 Å². The molecule has 0 saturated carbocycles. The van der Waals surface area contributed by atoms with E-state index in [0.717, 1.165) is 22.8 Å². The highest BCUT2D eigenvalue weighted by atomic mass is 16.9. The molecule has 0 aliphatic carbocycles. The molecule has 2 aromatic carbocycles. The highest BCUT2D eigenvalue weighted by molar-refractivity contribution is 6.02. The molecule has 1 aliphatic heterocycles. The molecule has 9 heteroatoms. The molecule has 1 aromatic heterocycles. The molecule has 0 radical (unpaired) electrons. The van der Waals surface area contributed by atoms with Gasteiger partial charge in [-0.25, -0.2) is 0 Å². The summed E-state index contributed by atoms with van der Waals surface area (Å²) in [5, 5.41) is 22.1. The number of benzene rings is 2. The van der Waals surface area contributed by atoms with Crippen molar-refractivity contribution in [3.05, 3.63) is 101 Å². The van der Waals surface area contributed by atoms with Crippen molar-refractivity contribution in [2.24, 2.45) is 5.10 Å². The zero-order valence-electron chi connectivity index (χ0n) is 14.1. The van der Waals surface area contributed by atoms with Gasteiger partial charge in [0.05, 0.1) is 11.4 Å². The SMILES string of the molecule is O=[N+]([O-])O.c1ccc(N2N=C(c3ccncc3)NN2c2ccccc2)cc1. The summed E-state index contributed by atoms with van der Waals surface area (Å²) in [5.74, 6) is 0.778. The second-order valence-electron chi connectivity index (χ2n) is 5.31. The van der Waals surface area contributed by atoms with Crippen LogP contribution in [-0.4, -0.2) is 21.1 Å². The Kier molecular flexibility index (Phi) is 5.43. The van der Waals surface area contributed by atoms with Gasteiger partial charge in [-0.1, -0.05) is 36.4 Å². The molecule has 0 saturated heterocycles. The molecule has 0 spiro atoms. The van der Waals surface area contributed by atoms with Crippen LogP contribution in [0.2, 0.25) is 0 Å². The van der Waals surface area contributed by atoms with Gasteiger partial charge in [0.25, 0.3) is 5.09 Å². The summed E-state index contributed by atoms with van der Waals surface area (Å²) in [6.07, 6.45) is 3.52. The summed E-state index contributed by atoms with van der Waals surface area (Å²) in [6.45, 7) is 0. The van der Waals surface area contributed by atoms with Crippen LogP contribution in [0.5, 0.6) is 0 Å². The Hall–Kier alpha value is -4.14. The molecule has 0 atom stereocenters. The maximum atomic E-state index is 8.36. The van der Waals surface area contributed by atoms with E-state index in [1.54, 1.807) is 12.4 Å². The van der Waals surface area contributed by atoms with Gasteiger partial charge in [-0.2, -0.15) is 10.2 Å². The standard InChI is InChI=1S/C18H15N5.HNO3/c1-3-7-16(8-4-1)22-20-18(15-11-13-19-14-12-15)21-23(22)17-9-5-2-6-10-17;2-1(3)4/h1-14H,(H,20,21);(H,2,3,4). The van der Waals surface area contributed by atoms with Crippen LogP contribution < -0.4 is 15.7 Å². The van der Waals surface area contributed by atoms with E-state index in [1.807, 2.05) is 83.0 Å². The number of nitrogens with one attached hydrogen (secondary N) is 1. The van der Waals surface area contributed by atoms with Gasteiger partial charge in [0.1, 0.15) is 0 Å². The molecule has 1 aliphatic rings. The van der Waals surface area contributed by atoms with Gasteiger partial charge in [0, 0.05) is 18.0 Å². The first-order valence-corrected chi connectivity index (χ1v) is 7.94. The Morgan fingerprint density at radius 1 is 0.889 bits per heavy atom. The van der Waals surface area contributed by atoms with E-state index in [1.165, 1.54) is 0 Å². The number of para-hydroxylation sites is 2. The van der Waals surface area contributed by atoms with Crippen molar-refractivity contribution in [1.82, 2.24) is 10.4 Å². The van der Waals surface area contributed by atoms with Gasteiger partial charge in [-0.15, -0.1) is 15.2 Å². The normalized spacial score (nSPS) is 12.5. The van der Waals surface area contributed by atoms with Crippen molar-refractivity contribution in [3.8, 4) is 0 Å². The fraction of sp³-hybridized carbons (Fsp3) is 0. The van der Waals surface area contributed by atoms with Crippen molar-refractivity contribution < 1.29 is 10.3 Å². The Labute approximate surface area is 154 Å². The van der Waals surface area contributed by atoms with Crippen LogP contribution in [0.15, 0.2) is 90.3 Å². The van der Waals surface area contributed by atoms with Crippen LogP contribution >= 0.6 is 0 Å². The topological polar surface area (TPSA) is 107 Å². The highest BCUT2D eigenvalue weighted by Gasteiger charge is 2.25. The monoisotopic (exact) mass is 364 g/mol. The molecule has 0 amide bonds. The lowest BCUT2D eigenvalue weighted by atomic mass is 10.2. The van der Waals surface area contributed by atoms with Crippen LogP contribution in [0.3, 0.4) is 0 Å². The number of hydrogen-bond donors (Lipinski definition) is 2. The van der Waals surface area contributed by atoms with E-state index < -0.39 is 5.09 Å². The minimum Gasteiger partial charge on any atom is -0.328 e. The van der Waals surface area contributed by atoms with Gasteiger partial charge in [-0.05, 0) is 36.4 Å². The molecule has 0 fully saturated rings. The van der Waals surface area contributed by atoms with E-state index >= 15 is 0 Å². The molecule has 2 N–H and O–H groups in total. The molecule has 136 valence electrons. The van der Waals surface area contributed by atoms with E-state index in [-0.39, 0.29) is 0 Å². The number of hydrazone groups is 1. The van der Waals surface area contributed by atoms with Crippen LogP contribution in [0, 0.1) is 10.1 Å². The maximum absolute atomic E-state index is 8.36. The molecular formula is C18H16N6O3. The average molecular weight is 364 g/mol. The summed E-state index contributed by atoms with van der Waals surface area (Å²) < 4.78 is 0. The summed E-state index contributed by atoms with van der Waals surface area (Å²) in [7, 11) is 0. The van der Waals surface area contributed by atoms with Gasteiger partial charge in [0.2, 0.25) is 0 Å². The van der Waals surface area contributed by atoms with E-state index in [9.17, 15) is 0 Å². The molecule has 3 aromatic rings. The first-order valence-electron chi connectivity index (χ1n) is 7.94. The summed E-state index contributed by atoms with van der Waals surface area (Å²) >= 11 is 0. The molecule has 2 heterocycles. The third kappa shape index (κ3) is 4.48. The molecule has 9 nitrogen and oxygen atoms in total. The lowest BCUT2D eigenvalue weighted by Crippen LogP contribution is -2.44. The quantitative estimate of drug-likeness (QED) is 0.543. The Morgan fingerprint density at radius 3 is 1.96 bits per heavy atom. The Morgan fingerprint density at radius 2 is 1.41 bits per heavy atom. The highest BCUT2D eigenvalue weighted by Crippen LogP contribution is 2.25. The number of pyridine rings is 1. The minimum absolute atomic E-state index is 0.778. The minimum atomic E-state index is -1.50. The molecule has 4 rings (SSSR count). The van der Waals surface area contributed by atoms with Crippen molar-refractivity contribution in [1.29, 1.82) is 0 Å². The largest absolute Gasteiger partial charge is 0.328 e. The first-order chi connectivity index (χ1) is 13.1. The van der Waals surface area contributed by atoms with Crippen LogP contribution in [-0.2, 0) is 0 Å². The molecule has 0 bridgehead atoms. The number of nitrogens with zero attached hydrogens (tertiary/aromatic N) is 5. The van der Waals surface area contributed by atoms with Gasteiger partial charge >= 0.3 is 0 Å². The number of rotatable bonds is 3. The predicted octanol–water partition coefficient (Wildman–Crippen LogP) is 2.84. The van der Waals surface area contributed by atoms with Gasteiger partial charge < -0.3 is 5.21 Å². The average Bonchev–Trinajstić information content (AvgIpc) is 3.15. The second-order valence-corrected chi connectivity index (χ2v) is 5.31. The fourth-order valence-electron chi connectivity index (χ4n) is 2.42. The molecule has 27 heavy (non-hydrogen) atoms. The Balaban J connectivity index is 0.000000481. The number of anilines is 2. The van der Waals surface area contributed by atoms with Crippen molar-refractivity contribution >= 4 is 17.2 Å². The zero-order valence-corrected chi connectivity index (χ0v) is 14.1. The third-order valence-corrected chi connectivity index (χ3v) is 3.54. The van der Waals surface area contributed by atoms with Crippen molar-refractivity contribution in [3.63, 3.8) is 0 Å². The number of hydrogen-bond acceptors (Lipinski definition) is 7. The van der Waals surface area contributed by atoms with Crippen molar-refractivity contribution in [2.45, 2.75) is 0 Å². The van der Waals surface area contributed by atoms with Crippen LogP contribution in [0.4, 0.5) is 11.4 Å². The van der Waals surface area contributed by atoms with E-state index in [2.05, 4.69) is 10.4 Å². The number of hydrazine groups is 2. The van der Waals surface area contributed by atoms with Gasteiger partial charge in [-0.3, -0.25) is 10.4 Å². The lowest BCUT2D eigenvalue weighted by molar-refractivity contribution is -0.742. The van der Waals surface area contributed by atoms with Crippen LogP contribution in [0.1, 0.15) is 5.56 Å². The predicted molar refractivity (Wildman–Crippen MR) is 101 cm³/mol.